The second-order valence-corrected chi connectivity index (χ2v) is 20.2. The van der Waals surface area contributed by atoms with Crippen molar-refractivity contribution in [3.05, 3.63) is 102 Å². The van der Waals surface area contributed by atoms with Crippen molar-refractivity contribution in [2.75, 3.05) is 19.0 Å². The van der Waals surface area contributed by atoms with Gasteiger partial charge in [-0.25, -0.2) is 18.4 Å². The van der Waals surface area contributed by atoms with Gasteiger partial charge in [-0.1, -0.05) is 56.6 Å². The van der Waals surface area contributed by atoms with E-state index in [0.29, 0.717) is 51.0 Å². The Morgan fingerprint density at radius 2 is 1.76 bits per heavy atom. The van der Waals surface area contributed by atoms with Crippen LogP contribution in [0, 0.1) is 11.3 Å². The number of carbonyl (C=O) groups is 3. The van der Waals surface area contributed by atoms with Crippen molar-refractivity contribution < 1.29 is 37.0 Å². The molecule has 3 aromatic carbocycles. The molecule has 0 unspecified atom stereocenters. The van der Waals surface area contributed by atoms with Crippen LogP contribution in [0.25, 0.3) is 22.0 Å². The van der Waals surface area contributed by atoms with Crippen LogP contribution in [-0.2, 0) is 24.4 Å². The van der Waals surface area contributed by atoms with E-state index in [1.54, 1.807) is 18.2 Å². The summed E-state index contributed by atoms with van der Waals surface area (Å²) in [6.07, 6.45) is 3.43. The molecule has 3 heterocycles. The Balaban J connectivity index is 1.06. The molecule has 5 aromatic rings. The summed E-state index contributed by atoms with van der Waals surface area (Å²) in [7, 11) is -2.38. The molecule has 14 nitrogen and oxygen atoms in total. The molecule has 0 spiro atoms. The summed E-state index contributed by atoms with van der Waals surface area (Å²) in [5.41, 5.74) is -0.689. The Bertz CT molecular complexity index is 2630. The first kappa shape index (κ1) is 43.0. The summed E-state index contributed by atoms with van der Waals surface area (Å²) in [5.74, 6) is -0.236. The zero-order valence-electron chi connectivity index (χ0n) is 34.6. The number of sulfonamides is 1. The minimum absolute atomic E-state index is 0.0123. The van der Waals surface area contributed by atoms with E-state index in [2.05, 4.69) is 26.9 Å². The van der Waals surface area contributed by atoms with Gasteiger partial charge in [0.25, 0.3) is 5.91 Å². The fourth-order valence-corrected chi connectivity index (χ4v) is 9.99. The van der Waals surface area contributed by atoms with E-state index < -0.39 is 68.1 Å². The zero-order chi connectivity index (χ0) is 44.0. The van der Waals surface area contributed by atoms with Gasteiger partial charge in [-0.05, 0) is 79.3 Å². The largest absolute Gasteiger partial charge is 0.494 e. The Kier molecular flexibility index (Phi) is 11.7. The maximum absolute atomic E-state index is 15.0. The molecule has 3 N–H and O–H groups in total. The van der Waals surface area contributed by atoms with Gasteiger partial charge in [0.15, 0.2) is 5.13 Å². The molecule has 62 heavy (non-hydrogen) atoms. The number of pyridine rings is 1. The SMILES string of the molecule is C=C[C@@H]1C[C@]1(NC(=O)[C@@H]1C[C@@H](Oc2ncc(OC)c3ccc(Cl)cc23)CN1C(=O)[C@@H](Nc1nc(-c2ccc(Oc3ccccc3)cc2)cs1)C(C)(C)C)C(=O)NS(=O)(=O)C1CC1. The van der Waals surface area contributed by atoms with Crippen LogP contribution in [0.15, 0.2) is 97.0 Å². The van der Waals surface area contributed by atoms with Crippen LogP contribution in [0.1, 0.15) is 46.5 Å². The zero-order valence-corrected chi connectivity index (χ0v) is 37.0. The Morgan fingerprint density at radius 3 is 2.42 bits per heavy atom. The molecule has 5 atom stereocenters. The standard InChI is InChI=1S/C45H47ClN6O8S2/c1-6-27-22-45(27,42(55)51-62(56,57)32-17-18-32)50-39(53)36-21-31(60-40-34-20-28(46)14-19-33(34)37(58-5)23-47-40)24-52(36)41(54)38(44(2,3)4)49-43-48-35(25-61-43)26-12-15-30(16-13-26)59-29-10-8-7-9-11-29/h6-16,19-20,23,25,27,31-32,36,38H,1,17-18,21-22,24H2,2-5H3,(H,48,49)(H,50,53)(H,51,55)/t27-,31-,36+,38-,45-/m1/s1. The van der Waals surface area contributed by atoms with Crippen molar-refractivity contribution in [2.45, 2.75) is 75.4 Å². The second kappa shape index (κ2) is 16.9. The lowest BCUT2D eigenvalue weighted by atomic mass is 9.85. The number of ether oxygens (including phenoxy) is 3. The van der Waals surface area contributed by atoms with Gasteiger partial charge in [-0.15, -0.1) is 17.9 Å². The first-order valence-electron chi connectivity index (χ1n) is 20.2. The topological polar surface area (TPSA) is 178 Å². The quantitative estimate of drug-likeness (QED) is 0.0895. The number of para-hydroxylation sites is 1. The van der Waals surface area contributed by atoms with E-state index in [4.69, 9.17) is 30.8 Å². The molecule has 2 aromatic heterocycles. The molecule has 2 aliphatic carbocycles. The first-order chi connectivity index (χ1) is 29.6. The predicted octanol–water partition coefficient (Wildman–Crippen LogP) is 7.36. The molecule has 1 aliphatic heterocycles. The predicted molar refractivity (Wildman–Crippen MR) is 238 cm³/mol. The molecular weight excluding hydrogens is 852 g/mol. The third kappa shape index (κ3) is 8.94. The molecule has 17 heteroatoms. The average Bonchev–Trinajstić information content (AvgIpc) is 4.14. The number of halogens is 1. The number of thiazole rings is 1. The number of fused-ring (bicyclic) bond motifs is 1. The summed E-state index contributed by atoms with van der Waals surface area (Å²) in [6, 6.07) is 20.3. The van der Waals surface area contributed by atoms with E-state index >= 15 is 0 Å². The maximum Gasteiger partial charge on any atom is 0.259 e. The van der Waals surface area contributed by atoms with Gasteiger partial charge in [-0.3, -0.25) is 19.1 Å². The fraction of sp³-hybridized carbons (Fsp3) is 0.356. The lowest BCUT2D eigenvalue weighted by Crippen LogP contribution is -2.58. The number of amides is 3. The summed E-state index contributed by atoms with van der Waals surface area (Å²) in [6.45, 7) is 9.55. The van der Waals surface area contributed by atoms with E-state index in [9.17, 15) is 22.8 Å². The summed E-state index contributed by atoms with van der Waals surface area (Å²) in [5, 5.41) is 9.70. The van der Waals surface area contributed by atoms with Gasteiger partial charge in [0.1, 0.15) is 41.0 Å². The molecule has 2 saturated carbocycles. The third-order valence-electron chi connectivity index (χ3n) is 11.4. The number of rotatable bonds is 15. The second-order valence-electron chi connectivity index (χ2n) is 16.9. The minimum Gasteiger partial charge on any atom is -0.494 e. The summed E-state index contributed by atoms with van der Waals surface area (Å²) >= 11 is 7.74. The van der Waals surface area contributed by atoms with Crippen molar-refractivity contribution in [1.82, 2.24) is 24.9 Å². The van der Waals surface area contributed by atoms with E-state index in [-0.39, 0.29) is 25.3 Å². The highest BCUT2D eigenvalue weighted by Crippen LogP contribution is 2.46. The van der Waals surface area contributed by atoms with Crippen LogP contribution in [0.3, 0.4) is 0 Å². The van der Waals surface area contributed by atoms with E-state index in [1.165, 1.54) is 35.6 Å². The van der Waals surface area contributed by atoms with Gasteiger partial charge in [0, 0.05) is 39.1 Å². The van der Waals surface area contributed by atoms with Gasteiger partial charge in [0.2, 0.25) is 27.7 Å². The van der Waals surface area contributed by atoms with Crippen LogP contribution in [0.2, 0.25) is 5.02 Å². The number of nitrogens with one attached hydrogen (secondary N) is 3. The van der Waals surface area contributed by atoms with Crippen molar-refractivity contribution >= 4 is 66.6 Å². The molecular formula is C45H47ClN6O8S2. The molecule has 0 bridgehead atoms. The van der Waals surface area contributed by atoms with Crippen molar-refractivity contribution in [3.8, 4) is 34.4 Å². The maximum atomic E-state index is 15.0. The highest BCUT2D eigenvalue weighted by Gasteiger charge is 2.62. The first-order valence-corrected chi connectivity index (χ1v) is 23.0. The number of anilines is 1. The highest BCUT2D eigenvalue weighted by molar-refractivity contribution is 7.91. The molecule has 1 saturated heterocycles. The van der Waals surface area contributed by atoms with E-state index in [1.807, 2.05) is 80.7 Å². The van der Waals surface area contributed by atoms with Gasteiger partial charge in [-0.2, -0.15) is 0 Å². The van der Waals surface area contributed by atoms with Crippen LogP contribution in [0.5, 0.6) is 23.1 Å². The number of hydrogen-bond acceptors (Lipinski definition) is 12. The Labute approximate surface area is 369 Å². The number of likely N-dealkylation sites (tertiary alicyclic amines) is 1. The normalized spacial score (nSPS) is 21.4. The number of nitrogens with zero attached hydrogens (tertiary/aromatic N) is 3. The smallest absolute Gasteiger partial charge is 0.259 e. The molecule has 8 rings (SSSR count). The summed E-state index contributed by atoms with van der Waals surface area (Å²) in [4.78, 5) is 54.0. The molecule has 3 amide bonds. The lowest BCUT2D eigenvalue weighted by molar-refractivity contribution is -0.141. The average molecular weight is 899 g/mol. The molecule has 0 radical (unpaired) electrons. The highest BCUT2D eigenvalue weighted by atomic mass is 35.5. The number of benzene rings is 3. The van der Waals surface area contributed by atoms with Crippen LogP contribution in [-0.4, -0.2) is 83.6 Å². The Hall–Kier alpha value is -5.71. The van der Waals surface area contributed by atoms with Crippen LogP contribution < -0.4 is 29.6 Å². The van der Waals surface area contributed by atoms with Gasteiger partial charge < -0.3 is 29.7 Å². The van der Waals surface area contributed by atoms with Crippen LogP contribution in [0.4, 0.5) is 5.13 Å². The number of methoxy groups -OCH3 is 1. The number of carbonyl (C=O) groups excluding carboxylic acids is 3. The Morgan fingerprint density at radius 1 is 1.03 bits per heavy atom. The fourth-order valence-electron chi connectivity index (χ4n) is 7.70. The third-order valence-corrected chi connectivity index (χ3v) is 14.2. The lowest BCUT2D eigenvalue weighted by Gasteiger charge is -2.35. The number of aromatic nitrogens is 2. The van der Waals surface area contributed by atoms with Gasteiger partial charge >= 0.3 is 0 Å². The summed E-state index contributed by atoms with van der Waals surface area (Å²) < 4.78 is 45.8. The molecule has 3 fully saturated rings. The molecule has 3 aliphatic rings. The van der Waals surface area contributed by atoms with Crippen LogP contribution >= 0.6 is 22.9 Å². The van der Waals surface area contributed by atoms with Crippen molar-refractivity contribution in [3.63, 3.8) is 0 Å². The number of hydrogen-bond donors (Lipinski definition) is 3. The molecule has 324 valence electrons. The van der Waals surface area contributed by atoms with Crippen molar-refractivity contribution in [2.24, 2.45) is 11.3 Å². The van der Waals surface area contributed by atoms with Gasteiger partial charge in [0.05, 0.1) is 30.8 Å². The monoisotopic (exact) mass is 898 g/mol. The van der Waals surface area contributed by atoms with Crippen molar-refractivity contribution in [1.29, 1.82) is 0 Å². The van der Waals surface area contributed by atoms with E-state index in [0.717, 1.165) is 11.3 Å². The minimum atomic E-state index is -3.91.